The first-order chi connectivity index (χ1) is 19.6. The molecule has 0 atom stereocenters. The maximum absolute atomic E-state index is 15.8. The number of halogens is 4. The first-order valence-electron chi connectivity index (χ1n) is 14.2. The van der Waals surface area contributed by atoms with E-state index >= 15 is 17.3 Å². The van der Waals surface area contributed by atoms with Crippen molar-refractivity contribution in [2.45, 2.75) is 26.7 Å². The van der Waals surface area contributed by atoms with Gasteiger partial charge in [0.15, 0.2) is 17.3 Å². The Morgan fingerprint density at radius 3 is 2.44 bits per heavy atom. The van der Waals surface area contributed by atoms with Gasteiger partial charge in [0.2, 0.25) is 0 Å². The van der Waals surface area contributed by atoms with Crippen LogP contribution in [-0.2, 0) is 0 Å². The third kappa shape index (κ3) is 4.52. The summed E-state index contributed by atoms with van der Waals surface area (Å²) in [5, 5.41) is 3.10. The average Bonchev–Trinajstić information content (AvgIpc) is 3.39. The number of nitrogens with zero attached hydrogens (tertiary/aromatic N) is 6. The van der Waals surface area contributed by atoms with Crippen molar-refractivity contribution in [2.75, 3.05) is 61.5 Å². The number of ether oxygens (including phenoxy) is 1. The topological polar surface area (TPSA) is 41.1 Å². The molecule has 4 aliphatic heterocycles. The van der Waals surface area contributed by atoms with Crippen LogP contribution in [0.4, 0.5) is 34.6 Å². The number of hydrogen-bond donors (Lipinski definition) is 1. The molecule has 218 valence electrons. The molecular weight excluding hydrogens is 536 g/mol. The molecule has 1 saturated heterocycles. The van der Waals surface area contributed by atoms with Crippen LogP contribution in [0.25, 0.3) is 0 Å². The minimum atomic E-state index is -4.52. The van der Waals surface area contributed by atoms with Gasteiger partial charge in [-0.2, -0.15) is 0 Å². The standard InChI is InChI=1S/C27H35B2F4N7O/c1-21-19-22(2)38-24(21)20-37-28(30,31)39-26(11-8-12-27(39)40(37)29(38,32)33)34-13-6-7-14-35-15-17-36(18-16-35)23-9-4-5-10-25(23)41-3/h4-5,8-12,19-20,34H,6-7,13-18H2,1-3H3. The Bertz CT molecular complexity index is 1440. The summed E-state index contributed by atoms with van der Waals surface area (Å²) in [6.07, 6.45) is 4.40. The fourth-order valence-corrected chi connectivity index (χ4v) is 6.45. The van der Waals surface area contributed by atoms with Gasteiger partial charge in [-0.15, -0.1) is 0 Å². The molecule has 0 aliphatic carbocycles. The average molecular weight is 571 g/mol. The van der Waals surface area contributed by atoms with E-state index in [0.29, 0.717) is 27.7 Å². The van der Waals surface area contributed by atoms with Gasteiger partial charge in [-0.25, -0.2) is 0 Å². The molecule has 41 heavy (non-hydrogen) atoms. The summed E-state index contributed by atoms with van der Waals surface area (Å²) >= 11 is 0. The van der Waals surface area contributed by atoms with Crippen molar-refractivity contribution >= 4 is 37.0 Å². The van der Waals surface area contributed by atoms with Crippen molar-refractivity contribution in [1.29, 1.82) is 0 Å². The summed E-state index contributed by atoms with van der Waals surface area (Å²) in [7, 11) is 1.68. The lowest BCUT2D eigenvalue weighted by Crippen LogP contribution is -2.69. The van der Waals surface area contributed by atoms with Gasteiger partial charge in [0.05, 0.1) is 25.5 Å². The Hall–Kier alpha value is -3.67. The highest BCUT2D eigenvalue weighted by atomic mass is 19.3. The highest BCUT2D eigenvalue weighted by Crippen LogP contribution is 2.42. The van der Waals surface area contributed by atoms with Gasteiger partial charge in [0.1, 0.15) is 11.5 Å². The maximum atomic E-state index is 15.8. The second-order valence-corrected chi connectivity index (χ2v) is 11.0. The van der Waals surface area contributed by atoms with Crippen LogP contribution in [0.5, 0.6) is 5.75 Å². The Morgan fingerprint density at radius 2 is 1.68 bits per heavy atom. The lowest BCUT2D eigenvalue weighted by atomic mass is 9.89. The van der Waals surface area contributed by atoms with E-state index in [-0.39, 0.29) is 17.3 Å². The van der Waals surface area contributed by atoms with Crippen LogP contribution in [-0.4, -0.2) is 80.3 Å². The Morgan fingerprint density at radius 1 is 0.927 bits per heavy atom. The number of piperazine rings is 1. The number of aromatic nitrogens is 1. The van der Waals surface area contributed by atoms with Gasteiger partial charge in [0.25, 0.3) is 0 Å². The molecule has 6 rings (SSSR count). The second kappa shape index (κ2) is 10.3. The van der Waals surface area contributed by atoms with Gasteiger partial charge in [-0.05, 0) is 44.5 Å². The smallest absolute Gasteiger partial charge is 0.495 e. The number of fused-ring (bicyclic) bond motifs is 4. The number of para-hydroxylation sites is 2. The van der Waals surface area contributed by atoms with E-state index in [9.17, 15) is 0 Å². The van der Waals surface area contributed by atoms with E-state index in [0.717, 1.165) is 72.2 Å². The van der Waals surface area contributed by atoms with Crippen LogP contribution in [0.15, 0.2) is 66.0 Å². The zero-order valence-corrected chi connectivity index (χ0v) is 23.6. The number of anilines is 3. The number of benzene rings is 1. The minimum Gasteiger partial charge on any atom is -0.495 e. The molecule has 0 saturated carbocycles. The summed E-state index contributed by atoms with van der Waals surface area (Å²) in [4.78, 5) is 5.64. The van der Waals surface area contributed by atoms with E-state index in [1.54, 1.807) is 33.1 Å². The summed E-state index contributed by atoms with van der Waals surface area (Å²) in [6, 6.07) is 12.4. The number of unbranched alkanes of at least 4 members (excludes halogenated alkanes) is 1. The maximum Gasteiger partial charge on any atom is 0.816 e. The summed E-state index contributed by atoms with van der Waals surface area (Å²) in [6.45, 7) is -0.763. The molecule has 5 heterocycles. The molecule has 4 aliphatic rings. The first-order valence-corrected chi connectivity index (χ1v) is 14.2. The molecule has 1 N–H and O–H groups in total. The van der Waals surface area contributed by atoms with Crippen molar-refractivity contribution in [2.24, 2.45) is 0 Å². The molecule has 0 unspecified atom stereocenters. The molecule has 0 bridgehead atoms. The zero-order valence-electron chi connectivity index (χ0n) is 23.6. The fourth-order valence-electron chi connectivity index (χ4n) is 6.45. The van der Waals surface area contributed by atoms with Crippen LogP contribution >= 0.6 is 0 Å². The number of hydrogen-bond acceptors (Lipinski definition) is 6. The highest BCUT2D eigenvalue weighted by molar-refractivity contribution is 6.67. The van der Waals surface area contributed by atoms with Crippen LogP contribution in [0, 0.1) is 0 Å². The van der Waals surface area contributed by atoms with Gasteiger partial charge in [0, 0.05) is 56.9 Å². The van der Waals surface area contributed by atoms with Crippen LogP contribution < -0.4 is 24.4 Å². The SMILES string of the molecule is COc1ccccc1N1CCN(CCCCNc2cccc3[n+]2[B-](F)(F)N2C=C4C(C)=CC(C)=[N+]4[B-](F)(F)N32)CC1. The van der Waals surface area contributed by atoms with E-state index in [1.165, 1.54) is 12.1 Å². The third-order valence-corrected chi connectivity index (χ3v) is 8.45. The number of methoxy groups -OCH3 is 1. The predicted octanol–water partition coefficient (Wildman–Crippen LogP) is 3.92. The summed E-state index contributed by atoms with van der Waals surface area (Å²) in [5.41, 5.74) is 2.09. The van der Waals surface area contributed by atoms with Crippen molar-refractivity contribution in [3.8, 4) is 5.75 Å². The molecule has 1 aromatic carbocycles. The van der Waals surface area contributed by atoms with E-state index in [1.807, 2.05) is 18.2 Å². The highest BCUT2D eigenvalue weighted by Gasteiger charge is 2.69. The predicted molar refractivity (Wildman–Crippen MR) is 154 cm³/mol. The first kappa shape index (κ1) is 27.5. The van der Waals surface area contributed by atoms with Crippen LogP contribution in [0.3, 0.4) is 0 Å². The Balaban J connectivity index is 1.07. The number of allylic oxidation sites excluding steroid dienone is 2. The third-order valence-electron chi connectivity index (χ3n) is 8.45. The Labute approximate surface area is 237 Å². The van der Waals surface area contributed by atoms with Crippen molar-refractivity contribution in [3.63, 3.8) is 0 Å². The molecule has 0 amide bonds. The van der Waals surface area contributed by atoms with Crippen LogP contribution in [0.2, 0.25) is 0 Å². The monoisotopic (exact) mass is 571 g/mol. The van der Waals surface area contributed by atoms with Gasteiger partial charge >= 0.3 is 13.9 Å². The van der Waals surface area contributed by atoms with E-state index in [4.69, 9.17) is 4.74 Å². The largest absolute Gasteiger partial charge is 0.816 e. The lowest BCUT2D eigenvalue weighted by Gasteiger charge is -2.42. The zero-order chi connectivity index (χ0) is 28.9. The molecule has 2 aromatic rings. The molecule has 14 heteroatoms. The van der Waals surface area contributed by atoms with Crippen molar-refractivity contribution in [3.05, 3.63) is 66.0 Å². The van der Waals surface area contributed by atoms with Gasteiger partial charge in [-0.3, -0.25) is 9.82 Å². The van der Waals surface area contributed by atoms with E-state index < -0.39 is 13.9 Å². The van der Waals surface area contributed by atoms with Crippen LogP contribution in [0.1, 0.15) is 26.7 Å². The fraction of sp³-hybridized carbons (Fsp3) is 0.407. The normalized spacial score (nSPS) is 20.9. The molecular formula is C27H35B2F4N7O. The van der Waals surface area contributed by atoms with Crippen molar-refractivity contribution in [1.82, 2.24) is 9.82 Å². The van der Waals surface area contributed by atoms with Crippen molar-refractivity contribution < 1.29 is 31.0 Å². The second-order valence-electron chi connectivity index (χ2n) is 11.0. The minimum absolute atomic E-state index is 0.108. The Kier molecular flexibility index (Phi) is 6.91. The number of nitrogens with one attached hydrogen (secondary N) is 1. The number of rotatable bonds is 8. The summed E-state index contributed by atoms with van der Waals surface area (Å²) in [5.74, 6) is 0.773. The number of pyridine rings is 1. The van der Waals surface area contributed by atoms with Gasteiger partial charge < -0.3 is 46.1 Å². The number of hydrazine groups is 1. The molecule has 0 spiro atoms. The van der Waals surface area contributed by atoms with E-state index in [2.05, 4.69) is 21.2 Å². The molecule has 0 radical (unpaired) electrons. The van der Waals surface area contributed by atoms with Gasteiger partial charge in [-0.1, -0.05) is 12.1 Å². The quantitative estimate of drug-likeness (QED) is 0.295. The summed E-state index contributed by atoms with van der Waals surface area (Å²) < 4.78 is 70.3. The molecule has 8 nitrogen and oxygen atoms in total. The molecule has 1 fully saturated rings. The molecule has 1 aromatic heterocycles. The lowest BCUT2D eigenvalue weighted by molar-refractivity contribution is -0.533.